The van der Waals surface area contributed by atoms with Crippen LogP contribution in [0.5, 0.6) is 0 Å². The summed E-state index contributed by atoms with van der Waals surface area (Å²) in [5.41, 5.74) is 2.91. The summed E-state index contributed by atoms with van der Waals surface area (Å²) >= 11 is 0. The van der Waals surface area contributed by atoms with Crippen LogP contribution < -0.4 is 0 Å². The maximum absolute atomic E-state index is 5.30. The van der Waals surface area contributed by atoms with E-state index in [0.717, 1.165) is 16.7 Å². The van der Waals surface area contributed by atoms with Gasteiger partial charge in [0.1, 0.15) is 0 Å². The lowest BCUT2D eigenvalue weighted by molar-refractivity contribution is 0.341. The zero-order valence-electron chi connectivity index (χ0n) is 8.16. The smallest absolute Gasteiger partial charge is 0.0830 e. The zero-order valence-corrected chi connectivity index (χ0v) is 8.16. The van der Waals surface area contributed by atoms with Gasteiger partial charge in [-0.05, 0) is 29.3 Å². The molecule has 0 bridgehead atoms. The number of methoxy groups -OCH3 is 1. The summed E-state index contributed by atoms with van der Waals surface area (Å²) in [6, 6.07) is 5.76. The average molecular weight is 184 g/mol. The van der Waals surface area contributed by atoms with Crippen molar-refractivity contribution in [2.45, 2.75) is 0 Å². The van der Waals surface area contributed by atoms with Gasteiger partial charge in [0.2, 0.25) is 0 Å². The van der Waals surface area contributed by atoms with Crippen LogP contribution in [0.2, 0.25) is 0 Å². The quantitative estimate of drug-likeness (QED) is 0.518. The Hall–Kier alpha value is -1.94. The van der Waals surface area contributed by atoms with Crippen molar-refractivity contribution >= 4 is 12.2 Å². The molecule has 14 heavy (non-hydrogen) atoms. The van der Waals surface area contributed by atoms with Gasteiger partial charge in [0.25, 0.3) is 0 Å². The summed E-state index contributed by atoms with van der Waals surface area (Å²) in [6.45, 7) is 3.73. The summed E-state index contributed by atoms with van der Waals surface area (Å²) in [6.07, 6.45) is 10.6. The van der Waals surface area contributed by atoms with Crippen LogP contribution in [0, 0.1) is 12.3 Å². The van der Waals surface area contributed by atoms with Crippen molar-refractivity contribution in [1.82, 2.24) is 0 Å². The number of terminal acetylenes is 1. The fourth-order valence-electron chi connectivity index (χ4n) is 1.13. The molecule has 0 saturated carbocycles. The van der Waals surface area contributed by atoms with E-state index in [1.807, 2.05) is 24.3 Å². The Kier molecular flexibility index (Phi) is 3.58. The predicted molar refractivity (Wildman–Crippen MR) is 60.5 cm³/mol. The Morgan fingerprint density at radius 2 is 2.21 bits per heavy atom. The second-order valence-electron chi connectivity index (χ2n) is 2.73. The van der Waals surface area contributed by atoms with Gasteiger partial charge >= 0.3 is 0 Å². The molecule has 1 aromatic rings. The van der Waals surface area contributed by atoms with E-state index in [1.54, 1.807) is 19.4 Å². The van der Waals surface area contributed by atoms with Crippen LogP contribution in [-0.4, -0.2) is 7.11 Å². The van der Waals surface area contributed by atoms with Gasteiger partial charge in [0.05, 0.1) is 13.4 Å². The molecule has 1 nitrogen and oxygen atoms in total. The van der Waals surface area contributed by atoms with Crippen molar-refractivity contribution in [3.05, 3.63) is 47.7 Å². The van der Waals surface area contributed by atoms with Crippen LogP contribution >= 0.6 is 0 Å². The summed E-state index contributed by atoms with van der Waals surface area (Å²) in [5.74, 6) is 2.58. The molecular weight excluding hydrogens is 172 g/mol. The lowest BCUT2D eigenvalue weighted by Crippen LogP contribution is -1.83. The minimum Gasteiger partial charge on any atom is -0.504 e. The topological polar surface area (TPSA) is 9.23 Å². The molecular formula is C13H12O. The summed E-state index contributed by atoms with van der Waals surface area (Å²) < 4.78 is 4.85. The lowest BCUT2D eigenvalue weighted by atomic mass is 10.0. The van der Waals surface area contributed by atoms with Gasteiger partial charge in [0, 0.05) is 5.56 Å². The third-order valence-corrected chi connectivity index (χ3v) is 1.86. The molecule has 0 radical (unpaired) electrons. The highest BCUT2D eigenvalue weighted by atomic mass is 16.5. The van der Waals surface area contributed by atoms with Gasteiger partial charge in [0.15, 0.2) is 0 Å². The molecule has 0 amide bonds. The van der Waals surface area contributed by atoms with E-state index in [-0.39, 0.29) is 0 Å². The maximum Gasteiger partial charge on any atom is 0.0830 e. The largest absolute Gasteiger partial charge is 0.504 e. The first kappa shape index (κ1) is 10.1. The van der Waals surface area contributed by atoms with Crippen molar-refractivity contribution in [3.8, 4) is 12.3 Å². The standard InChI is InChI=1S/C13H12O/c1-4-11-6-7-13(8-9-14-3)12(5-2)10-11/h1,5-10H,2H2,3H3. The van der Waals surface area contributed by atoms with Gasteiger partial charge in [-0.1, -0.05) is 24.6 Å². The van der Waals surface area contributed by atoms with Gasteiger partial charge in [-0.2, -0.15) is 0 Å². The Balaban J connectivity index is 3.13. The molecule has 1 rings (SSSR count). The van der Waals surface area contributed by atoms with Gasteiger partial charge < -0.3 is 4.74 Å². The van der Waals surface area contributed by atoms with Crippen molar-refractivity contribution in [2.75, 3.05) is 7.11 Å². The molecule has 0 aliphatic carbocycles. The zero-order chi connectivity index (χ0) is 10.4. The van der Waals surface area contributed by atoms with Gasteiger partial charge in [-0.15, -0.1) is 6.42 Å². The minimum atomic E-state index is 0.856. The molecule has 0 fully saturated rings. The van der Waals surface area contributed by atoms with Crippen LogP contribution in [-0.2, 0) is 4.74 Å². The highest BCUT2D eigenvalue weighted by molar-refractivity contribution is 5.65. The molecule has 0 aliphatic heterocycles. The third kappa shape index (κ3) is 2.27. The fourth-order valence-corrected chi connectivity index (χ4v) is 1.13. The first-order valence-corrected chi connectivity index (χ1v) is 4.24. The SMILES string of the molecule is C#Cc1ccc(C=COC)c(C=C)c1. The Labute approximate surface area is 84.7 Å². The van der Waals surface area contributed by atoms with Gasteiger partial charge in [-0.25, -0.2) is 0 Å². The van der Waals surface area contributed by atoms with Crippen molar-refractivity contribution in [3.63, 3.8) is 0 Å². The summed E-state index contributed by atoms with van der Waals surface area (Å²) in [4.78, 5) is 0. The van der Waals surface area contributed by atoms with Crippen molar-refractivity contribution in [2.24, 2.45) is 0 Å². The molecule has 0 aromatic heterocycles. The predicted octanol–water partition coefficient (Wildman–Crippen LogP) is 2.93. The van der Waals surface area contributed by atoms with E-state index < -0.39 is 0 Å². The first-order valence-electron chi connectivity index (χ1n) is 4.24. The lowest BCUT2D eigenvalue weighted by Gasteiger charge is -2.01. The molecule has 0 unspecified atom stereocenters. The maximum atomic E-state index is 5.30. The van der Waals surface area contributed by atoms with E-state index in [4.69, 9.17) is 11.2 Å². The Morgan fingerprint density at radius 1 is 1.43 bits per heavy atom. The molecule has 0 heterocycles. The van der Waals surface area contributed by atoms with Crippen LogP contribution in [0.25, 0.3) is 12.2 Å². The van der Waals surface area contributed by atoms with Gasteiger partial charge in [-0.3, -0.25) is 0 Å². The monoisotopic (exact) mass is 184 g/mol. The van der Waals surface area contributed by atoms with Crippen LogP contribution in [0.15, 0.2) is 31.0 Å². The summed E-state index contributed by atoms with van der Waals surface area (Å²) in [5, 5.41) is 0. The fraction of sp³-hybridized carbons (Fsp3) is 0.0769. The molecule has 0 atom stereocenters. The molecule has 70 valence electrons. The number of rotatable bonds is 3. The molecule has 1 aromatic carbocycles. The number of ether oxygens (including phenoxy) is 1. The Bertz CT molecular complexity index is 394. The number of hydrogen-bond donors (Lipinski definition) is 0. The van der Waals surface area contributed by atoms with Crippen LogP contribution in [0.4, 0.5) is 0 Å². The van der Waals surface area contributed by atoms with Crippen molar-refractivity contribution in [1.29, 1.82) is 0 Å². The second-order valence-corrected chi connectivity index (χ2v) is 2.73. The van der Waals surface area contributed by atoms with E-state index >= 15 is 0 Å². The minimum absolute atomic E-state index is 0.856. The van der Waals surface area contributed by atoms with E-state index in [9.17, 15) is 0 Å². The number of benzene rings is 1. The first-order chi connectivity index (χ1) is 6.81. The highest BCUT2D eigenvalue weighted by Gasteiger charge is 1.96. The van der Waals surface area contributed by atoms with E-state index in [2.05, 4.69) is 12.5 Å². The van der Waals surface area contributed by atoms with Crippen molar-refractivity contribution < 1.29 is 4.74 Å². The molecule has 0 N–H and O–H groups in total. The highest BCUT2D eigenvalue weighted by Crippen LogP contribution is 2.14. The molecule has 0 spiro atoms. The molecule has 0 saturated heterocycles. The normalized spacial score (nSPS) is 9.71. The van der Waals surface area contributed by atoms with Crippen LogP contribution in [0.3, 0.4) is 0 Å². The average Bonchev–Trinajstić information content (AvgIpc) is 2.26. The second kappa shape index (κ2) is 4.94. The molecule has 0 aliphatic rings. The van der Waals surface area contributed by atoms with E-state index in [0.29, 0.717) is 0 Å². The number of hydrogen-bond acceptors (Lipinski definition) is 1. The third-order valence-electron chi connectivity index (χ3n) is 1.86. The molecule has 1 heteroatoms. The summed E-state index contributed by atoms with van der Waals surface area (Å²) in [7, 11) is 1.61. The Morgan fingerprint density at radius 3 is 2.79 bits per heavy atom. The van der Waals surface area contributed by atoms with Crippen LogP contribution in [0.1, 0.15) is 16.7 Å². The van der Waals surface area contributed by atoms with E-state index in [1.165, 1.54) is 0 Å².